The number of carbonyl (C=O) groups excluding carboxylic acids is 1. The van der Waals surface area contributed by atoms with Crippen LogP contribution >= 0.6 is 0 Å². The Morgan fingerprint density at radius 1 is 1.33 bits per heavy atom. The molecule has 1 aromatic carbocycles. The van der Waals surface area contributed by atoms with Crippen LogP contribution in [0.1, 0.15) is 23.7 Å². The van der Waals surface area contributed by atoms with Crippen molar-refractivity contribution in [3.05, 3.63) is 35.9 Å². The van der Waals surface area contributed by atoms with Crippen molar-refractivity contribution in [1.29, 1.82) is 0 Å². The highest BCUT2D eigenvalue weighted by Crippen LogP contribution is 2.06. The monoisotopic (exact) mass is 210 g/mol. The minimum absolute atomic E-state index is 0.323. The van der Waals surface area contributed by atoms with Gasteiger partial charge in [0, 0.05) is 0 Å². The van der Waals surface area contributed by atoms with Gasteiger partial charge < -0.3 is 14.9 Å². The normalized spacial score (nSPS) is 14.3. The molecule has 1 aromatic rings. The van der Waals surface area contributed by atoms with Gasteiger partial charge in [0.25, 0.3) is 0 Å². The number of carbonyl (C=O) groups is 1. The molecule has 2 atom stereocenters. The number of aliphatic hydroxyl groups excluding tert-OH is 2. The van der Waals surface area contributed by atoms with E-state index in [0.717, 1.165) is 0 Å². The van der Waals surface area contributed by atoms with E-state index in [4.69, 9.17) is 0 Å². The summed E-state index contributed by atoms with van der Waals surface area (Å²) in [6.45, 7) is 1.68. The molecule has 15 heavy (non-hydrogen) atoms. The van der Waals surface area contributed by atoms with Crippen LogP contribution in [0.5, 0.6) is 0 Å². The van der Waals surface area contributed by atoms with E-state index in [0.29, 0.717) is 12.0 Å². The lowest BCUT2D eigenvalue weighted by molar-refractivity contribution is -0.130. The summed E-state index contributed by atoms with van der Waals surface area (Å²) in [5, 5.41) is 18.5. The molecular weight excluding hydrogens is 196 g/mol. The van der Waals surface area contributed by atoms with Crippen LogP contribution in [0.25, 0.3) is 0 Å². The van der Waals surface area contributed by atoms with Crippen LogP contribution in [0.4, 0.5) is 0 Å². The van der Waals surface area contributed by atoms with E-state index in [1.807, 2.05) is 0 Å². The highest BCUT2D eigenvalue weighted by Gasteiger charge is 2.19. The summed E-state index contributed by atoms with van der Waals surface area (Å²) in [7, 11) is 0. The van der Waals surface area contributed by atoms with Crippen LogP contribution in [0.2, 0.25) is 0 Å². The van der Waals surface area contributed by atoms with Gasteiger partial charge in [0.05, 0.1) is 5.56 Å². The summed E-state index contributed by atoms with van der Waals surface area (Å²) >= 11 is 0. The zero-order valence-electron chi connectivity index (χ0n) is 8.46. The number of ether oxygens (including phenoxy) is 1. The van der Waals surface area contributed by atoms with E-state index in [1.54, 1.807) is 37.3 Å². The number of esters is 1. The van der Waals surface area contributed by atoms with Gasteiger partial charge in [-0.3, -0.25) is 0 Å². The zero-order valence-corrected chi connectivity index (χ0v) is 8.46. The van der Waals surface area contributed by atoms with Gasteiger partial charge in [-0.15, -0.1) is 0 Å². The Morgan fingerprint density at radius 3 is 2.47 bits per heavy atom. The van der Waals surface area contributed by atoms with Crippen molar-refractivity contribution in [1.82, 2.24) is 0 Å². The Balaban J connectivity index is 2.57. The van der Waals surface area contributed by atoms with E-state index in [9.17, 15) is 15.0 Å². The summed E-state index contributed by atoms with van der Waals surface area (Å²) in [5.41, 5.74) is 0.347. The van der Waals surface area contributed by atoms with Gasteiger partial charge in [0.2, 0.25) is 6.29 Å². The molecule has 0 aromatic heterocycles. The fraction of sp³-hybridized carbons (Fsp3) is 0.364. The molecule has 2 N–H and O–H groups in total. The first-order valence-electron chi connectivity index (χ1n) is 4.77. The lowest BCUT2D eigenvalue weighted by atomic mass is 10.2. The molecule has 0 saturated heterocycles. The first-order chi connectivity index (χ1) is 7.15. The summed E-state index contributed by atoms with van der Waals surface area (Å²) in [6, 6.07) is 8.31. The molecule has 82 valence electrons. The van der Waals surface area contributed by atoms with Crippen molar-refractivity contribution in [2.24, 2.45) is 0 Å². The molecule has 0 aliphatic rings. The van der Waals surface area contributed by atoms with Gasteiger partial charge in [-0.1, -0.05) is 25.1 Å². The first-order valence-corrected chi connectivity index (χ1v) is 4.77. The van der Waals surface area contributed by atoms with Crippen molar-refractivity contribution < 1.29 is 19.7 Å². The minimum atomic E-state index is -1.47. The number of rotatable bonds is 4. The minimum Gasteiger partial charge on any atom is -0.429 e. The highest BCUT2D eigenvalue weighted by atomic mass is 16.6. The Labute approximate surface area is 88.1 Å². The second-order valence-electron chi connectivity index (χ2n) is 3.14. The summed E-state index contributed by atoms with van der Waals surface area (Å²) in [6.07, 6.45) is -2.19. The number of hydrogen-bond acceptors (Lipinski definition) is 4. The number of hydrogen-bond donors (Lipinski definition) is 2. The SMILES string of the molecule is CCC(O)C(O)OC(=O)c1ccccc1. The van der Waals surface area contributed by atoms with Crippen LogP contribution in [-0.4, -0.2) is 28.6 Å². The van der Waals surface area contributed by atoms with E-state index in [-0.39, 0.29) is 0 Å². The third-order valence-corrected chi connectivity index (χ3v) is 1.98. The second-order valence-corrected chi connectivity index (χ2v) is 3.14. The van der Waals surface area contributed by atoms with Crippen molar-refractivity contribution in [3.8, 4) is 0 Å². The molecule has 0 radical (unpaired) electrons. The van der Waals surface area contributed by atoms with E-state index in [1.165, 1.54) is 0 Å². The molecule has 4 heteroatoms. The maximum atomic E-state index is 11.4. The molecule has 0 amide bonds. The largest absolute Gasteiger partial charge is 0.429 e. The van der Waals surface area contributed by atoms with Gasteiger partial charge in [-0.05, 0) is 18.6 Å². The Morgan fingerprint density at radius 2 is 1.93 bits per heavy atom. The maximum absolute atomic E-state index is 11.4. The summed E-state index contributed by atoms with van der Waals surface area (Å²) < 4.78 is 4.66. The van der Waals surface area contributed by atoms with Crippen LogP contribution in [0, 0.1) is 0 Å². The Kier molecular flexibility index (Phi) is 4.27. The van der Waals surface area contributed by atoms with Crippen LogP contribution < -0.4 is 0 Å². The molecule has 0 bridgehead atoms. The summed E-state index contributed by atoms with van der Waals surface area (Å²) in [4.78, 5) is 11.4. The lowest BCUT2D eigenvalue weighted by Gasteiger charge is -2.16. The molecule has 0 aliphatic carbocycles. The Bertz CT molecular complexity index is 310. The van der Waals surface area contributed by atoms with Gasteiger partial charge in [0.15, 0.2) is 0 Å². The first kappa shape index (κ1) is 11.7. The fourth-order valence-corrected chi connectivity index (χ4v) is 1.03. The average Bonchev–Trinajstić information content (AvgIpc) is 2.29. The molecule has 4 nitrogen and oxygen atoms in total. The number of benzene rings is 1. The molecular formula is C11H14O4. The predicted octanol–water partition coefficient (Wildman–Crippen LogP) is 0.933. The van der Waals surface area contributed by atoms with Gasteiger partial charge in [-0.2, -0.15) is 0 Å². The topological polar surface area (TPSA) is 66.8 Å². The maximum Gasteiger partial charge on any atom is 0.340 e. The molecule has 0 saturated carbocycles. The predicted molar refractivity (Wildman–Crippen MR) is 54.2 cm³/mol. The molecule has 0 aliphatic heterocycles. The van der Waals surface area contributed by atoms with Gasteiger partial charge in [-0.25, -0.2) is 4.79 Å². The van der Waals surface area contributed by atoms with Crippen LogP contribution in [0.15, 0.2) is 30.3 Å². The van der Waals surface area contributed by atoms with Crippen molar-refractivity contribution >= 4 is 5.97 Å². The van der Waals surface area contributed by atoms with Crippen molar-refractivity contribution in [2.75, 3.05) is 0 Å². The lowest BCUT2D eigenvalue weighted by Crippen LogP contribution is -2.30. The van der Waals surface area contributed by atoms with E-state index in [2.05, 4.69) is 4.74 Å². The third kappa shape index (κ3) is 3.34. The molecule has 0 fully saturated rings. The smallest absolute Gasteiger partial charge is 0.340 e. The van der Waals surface area contributed by atoms with E-state index >= 15 is 0 Å². The molecule has 0 heterocycles. The van der Waals surface area contributed by atoms with Crippen LogP contribution in [-0.2, 0) is 4.74 Å². The molecule has 1 rings (SSSR count). The number of aliphatic hydroxyl groups is 2. The van der Waals surface area contributed by atoms with Gasteiger partial charge >= 0.3 is 5.97 Å². The average molecular weight is 210 g/mol. The Hall–Kier alpha value is -1.39. The van der Waals surface area contributed by atoms with Crippen LogP contribution in [0.3, 0.4) is 0 Å². The summed E-state index contributed by atoms with van der Waals surface area (Å²) in [5.74, 6) is -0.643. The van der Waals surface area contributed by atoms with Crippen molar-refractivity contribution in [2.45, 2.75) is 25.7 Å². The van der Waals surface area contributed by atoms with Gasteiger partial charge in [0.1, 0.15) is 6.10 Å². The quantitative estimate of drug-likeness (QED) is 0.573. The molecule has 2 unspecified atom stereocenters. The highest BCUT2D eigenvalue weighted by molar-refractivity contribution is 5.89. The fourth-order valence-electron chi connectivity index (χ4n) is 1.03. The second kappa shape index (κ2) is 5.48. The zero-order chi connectivity index (χ0) is 11.3. The third-order valence-electron chi connectivity index (χ3n) is 1.98. The standard InChI is InChI=1S/C11H14O4/c1-2-9(12)11(14)15-10(13)8-6-4-3-5-7-8/h3-7,9,11-12,14H,2H2,1H3. The molecule has 0 spiro atoms. The van der Waals surface area contributed by atoms with Crippen molar-refractivity contribution in [3.63, 3.8) is 0 Å². The van der Waals surface area contributed by atoms with E-state index < -0.39 is 18.4 Å².